The molecule has 10 nitrogen and oxygen atoms in total. The normalized spacial score (nSPS) is 35.2. The van der Waals surface area contributed by atoms with Crippen LogP contribution in [0.4, 0.5) is 10.8 Å². The van der Waals surface area contributed by atoms with Crippen molar-refractivity contribution in [2.24, 2.45) is 11.8 Å². The van der Waals surface area contributed by atoms with Crippen LogP contribution in [-0.4, -0.2) is 76.5 Å². The minimum atomic E-state index is -1.04. The topological polar surface area (TPSA) is 126 Å². The molecule has 7 atom stereocenters. The molecule has 2 aliphatic heterocycles. The van der Waals surface area contributed by atoms with Gasteiger partial charge in [0.15, 0.2) is 0 Å². The Bertz CT molecular complexity index is 924. The van der Waals surface area contributed by atoms with Crippen molar-refractivity contribution < 1.29 is 28.5 Å². The average molecular weight is 479 g/mol. The molecule has 3 aliphatic rings. The molecule has 2 saturated heterocycles. The standard InChI is InChI=1S/C24H38N4O6/c1-13(2)8-9-16-23(5,34-16)19-18(31-7)15(10-11-24(19)12-32-24)28(22(29)30)17(14(3)4)20-26-27-21(25-6)33-20/h8,14-19H,9-12H2,1-7H3,(H,25,27)(H,29,30)/t15-,16-,17+,18-,19-,23+,24+/m1/s1. The van der Waals surface area contributed by atoms with E-state index in [0.29, 0.717) is 13.0 Å². The minimum absolute atomic E-state index is 0.0539. The van der Waals surface area contributed by atoms with Gasteiger partial charge in [-0.2, -0.15) is 0 Å². The van der Waals surface area contributed by atoms with Gasteiger partial charge in [0.05, 0.1) is 30.5 Å². The summed E-state index contributed by atoms with van der Waals surface area (Å²) in [6.07, 6.45) is 2.98. The molecule has 0 bridgehead atoms. The molecule has 3 heterocycles. The van der Waals surface area contributed by atoms with E-state index in [-0.39, 0.29) is 35.4 Å². The molecule has 0 aromatic carbocycles. The number of carbonyl (C=O) groups is 1. The molecular formula is C24H38N4O6. The third-order valence-electron chi connectivity index (χ3n) is 7.68. The number of anilines is 1. The van der Waals surface area contributed by atoms with Crippen molar-refractivity contribution in [3.8, 4) is 0 Å². The van der Waals surface area contributed by atoms with Gasteiger partial charge in [0.1, 0.15) is 11.6 Å². The van der Waals surface area contributed by atoms with E-state index >= 15 is 0 Å². The highest BCUT2D eigenvalue weighted by Gasteiger charge is 2.72. The van der Waals surface area contributed by atoms with E-state index in [4.69, 9.17) is 18.6 Å². The van der Waals surface area contributed by atoms with E-state index < -0.39 is 29.9 Å². The van der Waals surface area contributed by atoms with Crippen molar-refractivity contribution in [2.45, 2.75) is 89.4 Å². The second kappa shape index (κ2) is 9.13. The summed E-state index contributed by atoms with van der Waals surface area (Å²) in [5.74, 6) is 0.0828. The molecule has 1 amide bonds. The first-order chi connectivity index (χ1) is 16.1. The van der Waals surface area contributed by atoms with Crippen molar-refractivity contribution in [1.82, 2.24) is 15.1 Å². The van der Waals surface area contributed by atoms with Crippen molar-refractivity contribution in [1.29, 1.82) is 0 Å². The predicted molar refractivity (Wildman–Crippen MR) is 125 cm³/mol. The Hall–Kier alpha value is -2.17. The van der Waals surface area contributed by atoms with Crippen LogP contribution in [0.3, 0.4) is 0 Å². The molecular weight excluding hydrogens is 440 g/mol. The third kappa shape index (κ3) is 4.31. The van der Waals surface area contributed by atoms with E-state index in [1.165, 1.54) is 10.5 Å². The summed E-state index contributed by atoms with van der Waals surface area (Å²) < 4.78 is 24.2. The van der Waals surface area contributed by atoms with E-state index in [9.17, 15) is 9.90 Å². The Morgan fingerprint density at radius 2 is 2.09 bits per heavy atom. The smallest absolute Gasteiger partial charge is 0.408 e. The van der Waals surface area contributed by atoms with Gasteiger partial charge in [-0.25, -0.2) is 4.79 Å². The van der Waals surface area contributed by atoms with Gasteiger partial charge in [-0.05, 0) is 46.0 Å². The zero-order valence-electron chi connectivity index (χ0n) is 21.2. The summed E-state index contributed by atoms with van der Waals surface area (Å²) in [6.45, 7) is 10.8. The van der Waals surface area contributed by atoms with Crippen molar-refractivity contribution >= 4 is 12.1 Å². The highest BCUT2D eigenvalue weighted by molar-refractivity contribution is 5.66. The minimum Gasteiger partial charge on any atom is -0.465 e. The maximum atomic E-state index is 12.7. The Balaban J connectivity index is 1.68. The fraction of sp³-hybridized carbons (Fsp3) is 0.792. The number of rotatable bonds is 9. The largest absolute Gasteiger partial charge is 0.465 e. The van der Waals surface area contributed by atoms with Gasteiger partial charge in [-0.1, -0.05) is 30.6 Å². The van der Waals surface area contributed by atoms with Crippen LogP contribution >= 0.6 is 0 Å². The molecule has 1 spiro atoms. The quantitative estimate of drug-likeness (QED) is 0.402. The maximum Gasteiger partial charge on any atom is 0.408 e. The molecule has 4 rings (SSSR count). The Labute approximate surface area is 201 Å². The van der Waals surface area contributed by atoms with Crippen molar-refractivity contribution in [3.05, 3.63) is 17.5 Å². The highest BCUT2D eigenvalue weighted by Crippen LogP contribution is 2.60. The molecule has 1 saturated carbocycles. The number of carboxylic acid groups (broad SMARTS) is 1. The Morgan fingerprint density at radius 1 is 1.38 bits per heavy atom. The summed E-state index contributed by atoms with van der Waals surface area (Å²) in [4.78, 5) is 14.2. The molecule has 0 radical (unpaired) electrons. The number of hydrogen-bond acceptors (Lipinski definition) is 8. The average Bonchev–Trinajstić information content (AvgIpc) is 3.63. The van der Waals surface area contributed by atoms with Crippen LogP contribution in [0.5, 0.6) is 0 Å². The zero-order valence-corrected chi connectivity index (χ0v) is 21.2. The lowest BCUT2D eigenvalue weighted by Crippen LogP contribution is -2.61. The number of nitrogens with one attached hydrogen (secondary N) is 1. The van der Waals surface area contributed by atoms with E-state index in [1.807, 2.05) is 13.8 Å². The monoisotopic (exact) mass is 478 g/mol. The molecule has 190 valence electrons. The lowest BCUT2D eigenvalue weighted by atomic mass is 9.67. The predicted octanol–water partition coefficient (Wildman–Crippen LogP) is 3.86. The maximum absolute atomic E-state index is 12.7. The summed E-state index contributed by atoms with van der Waals surface area (Å²) >= 11 is 0. The van der Waals surface area contributed by atoms with Gasteiger partial charge >= 0.3 is 12.1 Å². The van der Waals surface area contributed by atoms with Gasteiger partial charge in [0, 0.05) is 20.1 Å². The third-order valence-corrected chi connectivity index (χ3v) is 7.68. The van der Waals surface area contributed by atoms with E-state index in [0.717, 1.165) is 12.8 Å². The number of methoxy groups -OCH3 is 1. The molecule has 1 aromatic heterocycles. The fourth-order valence-electron chi connectivity index (χ4n) is 5.91. The van der Waals surface area contributed by atoms with Gasteiger partial charge < -0.3 is 29.1 Å². The van der Waals surface area contributed by atoms with Gasteiger partial charge in [-0.3, -0.25) is 4.90 Å². The first kappa shape index (κ1) is 24.9. The van der Waals surface area contributed by atoms with E-state index in [1.54, 1.807) is 14.2 Å². The second-order valence-electron chi connectivity index (χ2n) is 10.5. The van der Waals surface area contributed by atoms with Crippen molar-refractivity contribution in [2.75, 3.05) is 26.1 Å². The van der Waals surface area contributed by atoms with E-state index in [2.05, 4.69) is 42.4 Å². The van der Waals surface area contributed by atoms with Gasteiger partial charge in [0.25, 0.3) is 0 Å². The van der Waals surface area contributed by atoms with Crippen molar-refractivity contribution in [3.63, 3.8) is 0 Å². The molecule has 1 aliphatic carbocycles. The number of ether oxygens (including phenoxy) is 3. The molecule has 10 heteroatoms. The molecule has 0 unspecified atom stereocenters. The van der Waals surface area contributed by atoms with Crippen LogP contribution in [0, 0.1) is 11.8 Å². The van der Waals surface area contributed by atoms with Crippen LogP contribution in [0.1, 0.15) is 65.8 Å². The highest BCUT2D eigenvalue weighted by atomic mass is 16.6. The number of allylic oxidation sites excluding steroid dienone is 1. The number of aromatic nitrogens is 2. The number of epoxide rings is 2. The Kier molecular flexibility index (Phi) is 6.69. The number of hydrogen-bond donors (Lipinski definition) is 2. The summed E-state index contributed by atoms with van der Waals surface area (Å²) in [7, 11) is 3.33. The van der Waals surface area contributed by atoms with Crippen LogP contribution in [0.2, 0.25) is 0 Å². The van der Waals surface area contributed by atoms with Crippen LogP contribution in [-0.2, 0) is 14.2 Å². The molecule has 2 N–H and O–H groups in total. The fourth-order valence-corrected chi connectivity index (χ4v) is 5.91. The molecule has 3 fully saturated rings. The molecule has 1 aromatic rings. The summed E-state index contributed by atoms with van der Waals surface area (Å²) in [6, 6.07) is -0.772. The van der Waals surface area contributed by atoms with Crippen LogP contribution in [0.15, 0.2) is 16.1 Å². The summed E-state index contributed by atoms with van der Waals surface area (Å²) in [5.41, 5.74) is 0.480. The van der Waals surface area contributed by atoms with Gasteiger partial charge in [-0.15, -0.1) is 5.10 Å². The lowest BCUT2D eigenvalue weighted by Gasteiger charge is -2.48. The zero-order chi connectivity index (χ0) is 24.8. The first-order valence-corrected chi connectivity index (χ1v) is 12.1. The summed E-state index contributed by atoms with van der Waals surface area (Å²) in [5, 5.41) is 21.4. The lowest BCUT2D eigenvalue weighted by molar-refractivity contribution is -0.103. The number of amides is 1. The SMILES string of the molecule is CNc1nnc([C@H](C(C)C)N(C(=O)O)[C@@H]2CC[C@]3(CO3)[C@@H]([C@@]3(C)O[C@@H]3CC=C(C)C)[C@@H]2OC)o1. The van der Waals surface area contributed by atoms with Gasteiger partial charge in [0.2, 0.25) is 5.89 Å². The second-order valence-corrected chi connectivity index (χ2v) is 10.5. The van der Waals surface area contributed by atoms with Crippen LogP contribution in [0.25, 0.3) is 0 Å². The number of nitrogens with zero attached hydrogens (tertiary/aromatic N) is 3. The first-order valence-electron chi connectivity index (χ1n) is 12.1. The van der Waals surface area contributed by atoms with Crippen LogP contribution < -0.4 is 5.32 Å². The Morgan fingerprint density at radius 3 is 2.59 bits per heavy atom. The molecule has 34 heavy (non-hydrogen) atoms.